The number of fused-ring (bicyclic) bond motifs is 1. The zero-order valence-corrected chi connectivity index (χ0v) is 10.4. The monoisotopic (exact) mass is 256 g/mol. The molecule has 0 bridgehead atoms. The van der Waals surface area contributed by atoms with Crippen molar-refractivity contribution in [2.24, 2.45) is 0 Å². The molecule has 19 heavy (non-hydrogen) atoms. The number of rotatable bonds is 2. The molecule has 3 rings (SSSR count). The molecule has 0 aliphatic carbocycles. The van der Waals surface area contributed by atoms with Crippen LogP contribution in [-0.2, 0) is 17.8 Å². The van der Waals surface area contributed by atoms with E-state index in [1.807, 2.05) is 18.2 Å². The van der Waals surface area contributed by atoms with E-state index in [0.29, 0.717) is 30.3 Å². The summed E-state index contributed by atoms with van der Waals surface area (Å²) in [5.74, 6) is 0.00276. The second kappa shape index (κ2) is 4.74. The number of nitrogens with one attached hydrogen (secondary N) is 1. The third-order valence-corrected chi connectivity index (χ3v) is 2.96. The Morgan fingerprint density at radius 1 is 1.32 bits per heavy atom. The number of pyridine rings is 1. The van der Waals surface area contributed by atoms with Crippen LogP contribution in [0.5, 0.6) is 0 Å². The molecule has 0 atom stereocenters. The van der Waals surface area contributed by atoms with Crippen LogP contribution >= 0.6 is 0 Å². The molecular formula is C13H12N4O2. The van der Waals surface area contributed by atoms with Crippen LogP contribution in [0.1, 0.15) is 21.7 Å². The van der Waals surface area contributed by atoms with Crippen LogP contribution in [0.25, 0.3) is 11.5 Å². The van der Waals surface area contributed by atoms with Gasteiger partial charge in [0.1, 0.15) is 5.69 Å². The molecule has 0 radical (unpaired) electrons. The normalized spacial score (nSPS) is 13.1. The molecule has 1 aliphatic rings. The molecule has 6 nitrogen and oxygen atoms in total. The number of nitrogens with zero attached hydrogens (tertiary/aromatic N) is 3. The standard InChI is InChI=1S/C13H12N4O2/c1-19-13(18)11-8-6-14-7-10(8)16-12(17-11)9-4-2-3-5-15-9/h2-5,14H,6-7H2,1H3. The summed E-state index contributed by atoms with van der Waals surface area (Å²) in [6.45, 7) is 1.21. The molecule has 2 aromatic heterocycles. The largest absolute Gasteiger partial charge is 0.464 e. The van der Waals surface area contributed by atoms with Crippen molar-refractivity contribution in [2.75, 3.05) is 7.11 Å². The van der Waals surface area contributed by atoms with Crippen LogP contribution in [0.2, 0.25) is 0 Å². The molecule has 0 amide bonds. The van der Waals surface area contributed by atoms with Crippen LogP contribution in [0.15, 0.2) is 24.4 Å². The van der Waals surface area contributed by atoms with Crippen molar-refractivity contribution in [2.45, 2.75) is 13.1 Å². The molecule has 2 aromatic rings. The fourth-order valence-corrected chi connectivity index (χ4v) is 2.04. The average Bonchev–Trinajstić information content (AvgIpc) is 2.94. The molecule has 1 N–H and O–H groups in total. The molecule has 0 unspecified atom stereocenters. The van der Waals surface area contributed by atoms with Crippen molar-refractivity contribution in [3.63, 3.8) is 0 Å². The first-order valence-corrected chi connectivity index (χ1v) is 5.90. The molecule has 6 heteroatoms. The van der Waals surface area contributed by atoms with E-state index in [1.165, 1.54) is 7.11 Å². The van der Waals surface area contributed by atoms with E-state index in [4.69, 9.17) is 4.74 Å². The van der Waals surface area contributed by atoms with Crippen molar-refractivity contribution < 1.29 is 9.53 Å². The highest BCUT2D eigenvalue weighted by Crippen LogP contribution is 2.21. The minimum absolute atomic E-state index is 0.318. The van der Waals surface area contributed by atoms with Crippen LogP contribution in [0, 0.1) is 0 Å². The van der Waals surface area contributed by atoms with Gasteiger partial charge in [-0.05, 0) is 12.1 Å². The number of esters is 1. The zero-order valence-electron chi connectivity index (χ0n) is 10.4. The lowest BCUT2D eigenvalue weighted by atomic mass is 10.2. The Bertz CT molecular complexity index is 628. The zero-order chi connectivity index (χ0) is 13.2. The molecule has 0 fully saturated rings. The first-order chi connectivity index (χ1) is 9.29. The first kappa shape index (κ1) is 11.7. The average molecular weight is 256 g/mol. The maximum atomic E-state index is 11.8. The Morgan fingerprint density at radius 3 is 2.95 bits per heavy atom. The van der Waals surface area contributed by atoms with Crippen molar-refractivity contribution in [3.05, 3.63) is 41.3 Å². The lowest BCUT2D eigenvalue weighted by Gasteiger charge is -2.07. The fourth-order valence-electron chi connectivity index (χ4n) is 2.04. The number of carbonyl (C=O) groups is 1. The van der Waals surface area contributed by atoms with Crippen LogP contribution in [0.3, 0.4) is 0 Å². The van der Waals surface area contributed by atoms with Gasteiger partial charge in [-0.2, -0.15) is 0 Å². The van der Waals surface area contributed by atoms with Gasteiger partial charge in [0.2, 0.25) is 0 Å². The fraction of sp³-hybridized carbons (Fsp3) is 0.231. The quantitative estimate of drug-likeness (QED) is 0.805. The van der Waals surface area contributed by atoms with Gasteiger partial charge in [-0.3, -0.25) is 4.98 Å². The molecular weight excluding hydrogens is 244 g/mol. The highest BCUT2D eigenvalue weighted by atomic mass is 16.5. The number of hydrogen-bond acceptors (Lipinski definition) is 6. The second-order valence-electron chi connectivity index (χ2n) is 4.13. The summed E-state index contributed by atoms with van der Waals surface area (Å²) in [5, 5.41) is 3.16. The number of ether oxygens (including phenoxy) is 1. The van der Waals surface area contributed by atoms with E-state index in [1.54, 1.807) is 6.20 Å². The van der Waals surface area contributed by atoms with E-state index in [2.05, 4.69) is 20.3 Å². The van der Waals surface area contributed by atoms with Gasteiger partial charge >= 0.3 is 5.97 Å². The summed E-state index contributed by atoms with van der Waals surface area (Å²) in [6, 6.07) is 5.49. The maximum Gasteiger partial charge on any atom is 0.357 e. The van der Waals surface area contributed by atoms with Crippen molar-refractivity contribution in [1.29, 1.82) is 0 Å². The van der Waals surface area contributed by atoms with E-state index in [-0.39, 0.29) is 0 Å². The topological polar surface area (TPSA) is 77.0 Å². The Hall–Kier alpha value is -2.34. The van der Waals surface area contributed by atoms with Crippen molar-refractivity contribution in [3.8, 4) is 11.5 Å². The smallest absolute Gasteiger partial charge is 0.357 e. The molecule has 96 valence electrons. The Morgan fingerprint density at radius 2 is 2.21 bits per heavy atom. The van der Waals surface area contributed by atoms with Gasteiger partial charge in [0.15, 0.2) is 11.5 Å². The van der Waals surface area contributed by atoms with Gasteiger partial charge in [-0.25, -0.2) is 14.8 Å². The predicted octanol–water partition coefficient (Wildman–Crippen LogP) is 0.928. The number of carbonyl (C=O) groups excluding carboxylic acids is 1. The van der Waals surface area contributed by atoms with Gasteiger partial charge in [-0.1, -0.05) is 6.07 Å². The Kier molecular flexibility index (Phi) is 2.92. The summed E-state index contributed by atoms with van der Waals surface area (Å²) in [4.78, 5) is 24.8. The minimum atomic E-state index is -0.445. The van der Waals surface area contributed by atoms with Gasteiger partial charge < -0.3 is 10.1 Å². The summed E-state index contributed by atoms with van der Waals surface area (Å²) in [5.41, 5.74) is 2.60. The Labute approximate surface area is 109 Å². The SMILES string of the molecule is COC(=O)c1nc(-c2ccccn2)nc2c1CNC2. The third-order valence-electron chi connectivity index (χ3n) is 2.96. The Balaban J connectivity index is 2.15. The van der Waals surface area contributed by atoms with E-state index in [0.717, 1.165) is 11.3 Å². The molecule has 3 heterocycles. The van der Waals surface area contributed by atoms with Crippen molar-refractivity contribution in [1.82, 2.24) is 20.3 Å². The second-order valence-corrected chi connectivity index (χ2v) is 4.13. The number of aromatic nitrogens is 3. The molecule has 0 spiro atoms. The summed E-state index contributed by atoms with van der Waals surface area (Å²) in [7, 11) is 1.35. The summed E-state index contributed by atoms with van der Waals surface area (Å²) in [6.07, 6.45) is 1.67. The van der Waals surface area contributed by atoms with Crippen LogP contribution in [-0.4, -0.2) is 28.0 Å². The predicted molar refractivity (Wildman–Crippen MR) is 67.1 cm³/mol. The highest BCUT2D eigenvalue weighted by Gasteiger charge is 2.24. The first-order valence-electron chi connectivity index (χ1n) is 5.90. The third kappa shape index (κ3) is 2.06. The molecule has 0 saturated carbocycles. The number of methoxy groups -OCH3 is 1. The van der Waals surface area contributed by atoms with Gasteiger partial charge in [0.25, 0.3) is 0 Å². The highest BCUT2D eigenvalue weighted by molar-refractivity contribution is 5.89. The lowest BCUT2D eigenvalue weighted by molar-refractivity contribution is 0.0592. The van der Waals surface area contributed by atoms with Gasteiger partial charge in [-0.15, -0.1) is 0 Å². The van der Waals surface area contributed by atoms with Gasteiger partial charge in [0, 0.05) is 24.8 Å². The minimum Gasteiger partial charge on any atom is -0.464 e. The maximum absolute atomic E-state index is 11.8. The molecule has 0 aromatic carbocycles. The number of hydrogen-bond donors (Lipinski definition) is 1. The van der Waals surface area contributed by atoms with Crippen molar-refractivity contribution >= 4 is 5.97 Å². The lowest BCUT2D eigenvalue weighted by Crippen LogP contribution is -2.12. The summed E-state index contributed by atoms with van der Waals surface area (Å²) >= 11 is 0. The molecule has 0 saturated heterocycles. The molecule has 1 aliphatic heterocycles. The summed E-state index contributed by atoms with van der Waals surface area (Å²) < 4.78 is 4.78. The van der Waals surface area contributed by atoms with E-state index >= 15 is 0 Å². The van der Waals surface area contributed by atoms with E-state index in [9.17, 15) is 4.79 Å². The van der Waals surface area contributed by atoms with Crippen LogP contribution < -0.4 is 5.32 Å². The van der Waals surface area contributed by atoms with Crippen LogP contribution in [0.4, 0.5) is 0 Å². The van der Waals surface area contributed by atoms with Gasteiger partial charge in [0.05, 0.1) is 12.8 Å². The van der Waals surface area contributed by atoms with E-state index < -0.39 is 5.97 Å².